The summed E-state index contributed by atoms with van der Waals surface area (Å²) in [6.07, 6.45) is 3.81. The van der Waals surface area contributed by atoms with E-state index in [9.17, 15) is 9.59 Å². The molecule has 3 atom stereocenters. The molecule has 0 unspecified atom stereocenters. The standard InChI is InChI=1S/C23H30N4O2/c1-16(2)21(24)23(29)27-14-8-12-20(27)22(28)26-19(17-9-4-3-5-10-17)15-18-11-6-7-13-25-18/h3-7,9-11,13,16,19-21H,8,12,14-15,24H2,1-2H3,(H,26,28)/t19-,20-,21-/m0/s1. The lowest BCUT2D eigenvalue weighted by atomic mass is 10.0. The Kier molecular flexibility index (Phi) is 6.99. The molecule has 3 N–H and O–H groups in total. The first-order chi connectivity index (χ1) is 14.0. The van der Waals surface area contributed by atoms with E-state index in [4.69, 9.17) is 5.73 Å². The Bertz CT molecular complexity index is 810. The van der Waals surface area contributed by atoms with Crippen LogP contribution in [-0.2, 0) is 16.0 Å². The second kappa shape index (κ2) is 9.65. The van der Waals surface area contributed by atoms with Crippen molar-refractivity contribution in [1.29, 1.82) is 0 Å². The average Bonchev–Trinajstić information content (AvgIpc) is 3.23. The SMILES string of the molecule is CC(C)[C@H](N)C(=O)N1CCC[C@H]1C(=O)N[C@@H](Cc1ccccn1)c1ccccc1. The van der Waals surface area contributed by atoms with Gasteiger partial charge < -0.3 is 16.0 Å². The van der Waals surface area contributed by atoms with Crippen LogP contribution in [0, 0.1) is 5.92 Å². The van der Waals surface area contributed by atoms with Gasteiger partial charge in [0, 0.05) is 24.9 Å². The van der Waals surface area contributed by atoms with Gasteiger partial charge in [0.25, 0.3) is 0 Å². The molecule has 1 aliphatic rings. The van der Waals surface area contributed by atoms with Crippen molar-refractivity contribution in [2.75, 3.05) is 6.54 Å². The number of nitrogens with one attached hydrogen (secondary N) is 1. The number of carbonyl (C=O) groups excluding carboxylic acids is 2. The lowest BCUT2D eigenvalue weighted by molar-refractivity contribution is -0.140. The van der Waals surface area contributed by atoms with Crippen molar-refractivity contribution in [3.05, 3.63) is 66.0 Å². The van der Waals surface area contributed by atoms with Crippen molar-refractivity contribution >= 4 is 11.8 Å². The highest BCUT2D eigenvalue weighted by molar-refractivity contribution is 5.90. The number of nitrogens with zero attached hydrogens (tertiary/aromatic N) is 2. The van der Waals surface area contributed by atoms with Gasteiger partial charge in [-0.05, 0) is 36.5 Å². The van der Waals surface area contributed by atoms with Gasteiger partial charge in [0.15, 0.2) is 0 Å². The summed E-state index contributed by atoms with van der Waals surface area (Å²) in [5.74, 6) is -0.233. The summed E-state index contributed by atoms with van der Waals surface area (Å²) in [5.41, 5.74) is 7.99. The number of hydrogen-bond donors (Lipinski definition) is 2. The molecule has 0 spiro atoms. The summed E-state index contributed by atoms with van der Waals surface area (Å²) in [7, 11) is 0. The van der Waals surface area contributed by atoms with Gasteiger partial charge in [0.05, 0.1) is 12.1 Å². The van der Waals surface area contributed by atoms with E-state index in [1.165, 1.54) is 0 Å². The second-order valence-electron chi connectivity index (χ2n) is 7.96. The molecule has 1 saturated heterocycles. The molecule has 2 heterocycles. The normalized spacial score (nSPS) is 18.5. The number of benzene rings is 1. The number of carbonyl (C=O) groups is 2. The number of aromatic nitrogens is 1. The van der Waals surface area contributed by atoms with Crippen LogP contribution in [0.3, 0.4) is 0 Å². The van der Waals surface area contributed by atoms with Crippen LogP contribution in [0.15, 0.2) is 54.7 Å². The highest BCUT2D eigenvalue weighted by Gasteiger charge is 2.37. The molecule has 29 heavy (non-hydrogen) atoms. The Balaban J connectivity index is 1.76. The van der Waals surface area contributed by atoms with Crippen LogP contribution in [0.5, 0.6) is 0 Å². The van der Waals surface area contributed by atoms with E-state index in [-0.39, 0.29) is 23.8 Å². The minimum absolute atomic E-state index is 0.0352. The zero-order chi connectivity index (χ0) is 20.8. The Labute approximate surface area is 172 Å². The van der Waals surface area contributed by atoms with Crippen LogP contribution < -0.4 is 11.1 Å². The molecule has 1 fully saturated rings. The number of pyridine rings is 1. The Morgan fingerprint density at radius 3 is 2.55 bits per heavy atom. The van der Waals surface area contributed by atoms with Crippen molar-refractivity contribution < 1.29 is 9.59 Å². The van der Waals surface area contributed by atoms with E-state index in [1.807, 2.05) is 62.4 Å². The van der Waals surface area contributed by atoms with E-state index in [1.54, 1.807) is 11.1 Å². The van der Waals surface area contributed by atoms with Gasteiger partial charge in [-0.3, -0.25) is 14.6 Å². The molecule has 3 rings (SSSR count). The van der Waals surface area contributed by atoms with Gasteiger partial charge in [0.2, 0.25) is 11.8 Å². The molecule has 1 aliphatic heterocycles. The highest BCUT2D eigenvalue weighted by Crippen LogP contribution is 2.23. The molecule has 0 bridgehead atoms. The van der Waals surface area contributed by atoms with E-state index in [0.29, 0.717) is 19.4 Å². The van der Waals surface area contributed by atoms with Crippen molar-refractivity contribution in [2.45, 2.75) is 51.2 Å². The molecule has 1 aromatic heterocycles. The maximum absolute atomic E-state index is 13.2. The number of nitrogens with two attached hydrogens (primary N) is 1. The minimum Gasteiger partial charge on any atom is -0.347 e. The average molecular weight is 395 g/mol. The fraction of sp³-hybridized carbons (Fsp3) is 0.435. The zero-order valence-corrected chi connectivity index (χ0v) is 17.1. The minimum atomic E-state index is -0.582. The van der Waals surface area contributed by atoms with Crippen LogP contribution in [0.1, 0.15) is 44.0 Å². The van der Waals surface area contributed by atoms with Crippen molar-refractivity contribution in [3.8, 4) is 0 Å². The quantitative estimate of drug-likeness (QED) is 0.755. The predicted octanol–water partition coefficient (Wildman–Crippen LogP) is 2.46. The van der Waals surface area contributed by atoms with Crippen molar-refractivity contribution in [1.82, 2.24) is 15.2 Å². The van der Waals surface area contributed by atoms with Crippen molar-refractivity contribution in [3.63, 3.8) is 0 Å². The number of amides is 2. The summed E-state index contributed by atoms with van der Waals surface area (Å²) in [6, 6.07) is 14.4. The highest BCUT2D eigenvalue weighted by atomic mass is 16.2. The summed E-state index contributed by atoms with van der Waals surface area (Å²) < 4.78 is 0. The summed E-state index contributed by atoms with van der Waals surface area (Å²) in [4.78, 5) is 32.0. The first-order valence-electron chi connectivity index (χ1n) is 10.3. The monoisotopic (exact) mass is 394 g/mol. The second-order valence-corrected chi connectivity index (χ2v) is 7.96. The first-order valence-corrected chi connectivity index (χ1v) is 10.3. The number of likely N-dealkylation sites (tertiary alicyclic amines) is 1. The predicted molar refractivity (Wildman–Crippen MR) is 113 cm³/mol. The first kappa shape index (κ1) is 21.0. The summed E-state index contributed by atoms with van der Waals surface area (Å²) >= 11 is 0. The Morgan fingerprint density at radius 1 is 1.17 bits per heavy atom. The number of hydrogen-bond acceptors (Lipinski definition) is 4. The van der Waals surface area contributed by atoms with Gasteiger partial charge in [0.1, 0.15) is 6.04 Å². The van der Waals surface area contributed by atoms with Crippen LogP contribution in [0.2, 0.25) is 0 Å². The molecule has 6 nitrogen and oxygen atoms in total. The van der Waals surface area contributed by atoms with Crippen molar-refractivity contribution in [2.24, 2.45) is 11.7 Å². The summed E-state index contributed by atoms with van der Waals surface area (Å²) in [6.45, 7) is 4.42. The Morgan fingerprint density at radius 2 is 1.90 bits per heavy atom. The molecule has 0 saturated carbocycles. The lowest BCUT2D eigenvalue weighted by Gasteiger charge is -2.29. The van der Waals surface area contributed by atoms with Crippen LogP contribution in [0.4, 0.5) is 0 Å². The smallest absolute Gasteiger partial charge is 0.243 e. The third-order valence-electron chi connectivity index (χ3n) is 5.50. The fourth-order valence-corrected chi connectivity index (χ4v) is 3.71. The largest absolute Gasteiger partial charge is 0.347 e. The zero-order valence-electron chi connectivity index (χ0n) is 17.1. The maximum Gasteiger partial charge on any atom is 0.243 e. The third-order valence-corrected chi connectivity index (χ3v) is 5.50. The molecule has 154 valence electrons. The molecule has 0 aliphatic carbocycles. The molecule has 6 heteroatoms. The maximum atomic E-state index is 13.2. The van der Waals surface area contributed by atoms with Crippen LogP contribution in [-0.4, -0.2) is 40.3 Å². The van der Waals surface area contributed by atoms with Gasteiger partial charge in [-0.25, -0.2) is 0 Å². The van der Waals surface area contributed by atoms with Gasteiger partial charge in [-0.1, -0.05) is 50.2 Å². The van der Waals surface area contributed by atoms with E-state index in [2.05, 4.69) is 10.3 Å². The van der Waals surface area contributed by atoms with E-state index < -0.39 is 12.1 Å². The molecule has 0 radical (unpaired) electrons. The fourth-order valence-electron chi connectivity index (χ4n) is 3.71. The molecule has 2 aromatic rings. The number of rotatable bonds is 7. The third kappa shape index (κ3) is 5.21. The van der Waals surface area contributed by atoms with Crippen LogP contribution in [0.25, 0.3) is 0 Å². The molecular formula is C23H30N4O2. The van der Waals surface area contributed by atoms with Gasteiger partial charge in [-0.15, -0.1) is 0 Å². The molecular weight excluding hydrogens is 364 g/mol. The topological polar surface area (TPSA) is 88.3 Å². The van der Waals surface area contributed by atoms with Crippen LogP contribution >= 0.6 is 0 Å². The Hall–Kier alpha value is -2.73. The molecule has 1 aromatic carbocycles. The van der Waals surface area contributed by atoms with Gasteiger partial charge >= 0.3 is 0 Å². The lowest BCUT2D eigenvalue weighted by Crippen LogP contribution is -2.53. The van der Waals surface area contributed by atoms with E-state index >= 15 is 0 Å². The molecule has 2 amide bonds. The summed E-state index contributed by atoms with van der Waals surface area (Å²) in [5, 5.41) is 3.16. The van der Waals surface area contributed by atoms with E-state index in [0.717, 1.165) is 17.7 Å². The van der Waals surface area contributed by atoms with Gasteiger partial charge in [-0.2, -0.15) is 0 Å².